The van der Waals surface area contributed by atoms with Crippen molar-refractivity contribution >= 4 is 18.1 Å². The van der Waals surface area contributed by atoms with Crippen LogP contribution >= 0.6 is 0 Å². The largest absolute Gasteiger partial charge is 0.447 e. The molecule has 37 heavy (non-hydrogen) atoms. The van der Waals surface area contributed by atoms with Crippen LogP contribution in [-0.2, 0) is 27.2 Å². The van der Waals surface area contributed by atoms with E-state index in [0.717, 1.165) is 16.0 Å². The lowest BCUT2D eigenvalue weighted by Gasteiger charge is -2.33. The highest BCUT2D eigenvalue weighted by Crippen LogP contribution is 2.26. The maximum atomic E-state index is 13.8. The zero-order valence-corrected chi connectivity index (χ0v) is 22.3. The molecule has 2 aromatic carbocycles. The van der Waals surface area contributed by atoms with Gasteiger partial charge in [0.15, 0.2) is 0 Å². The van der Waals surface area contributed by atoms with Crippen molar-refractivity contribution in [2.45, 2.75) is 65.3 Å². The first-order chi connectivity index (χ1) is 17.5. The predicted octanol–water partition coefficient (Wildman–Crippen LogP) is 4.65. The van der Waals surface area contributed by atoms with E-state index in [4.69, 9.17) is 9.47 Å². The number of aliphatic hydroxyl groups excluding tert-OH is 1. The summed E-state index contributed by atoms with van der Waals surface area (Å²) >= 11 is 0. The van der Waals surface area contributed by atoms with Crippen LogP contribution in [0.2, 0.25) is 0 Å². The Morgan fingerprint density at radius 3 is 2.16 bits per heavy atom. The Balaban J connectivity index is 1.90. The van der Waals surface area contributed by atoms with Gasteiger partial charge in [-0.2, -0.15) is 0 Å². The summed E-state index contributed by atoms with van der Waals surface area (Å²) in [6.07, 6.45) is -2.36. The van der Waals surface area contributed by atoms with Crippen LogP contribution in [0.5, 0.6) is 0 Å². The van der Waals surface area contributed by atoms with Crippen LogP contribution in [0.1, 0.15) is 45.7 Å². The van der Waals surface area contributed by atoms with E-state index in [9.17, 15) is 19.5 Å². The molecule has 0 saturated carbocycles. The summed E-state index contributed by atoms with van der Waals surface area (Å²) in [5.74, 6) is -1.50. The fourth-order valence-electron chi connectivity index (χ4n) is 4.30. The molecule has 0 aliphatic carbocycles. The van der Waals surface area contributed by atoms with Gasteiger partial charge >= 0.3 is 12.2 Å². The molecule has 1 fully saturated rings. The monoisotopic (exact) mass is 510 g/mol. The van der Waals surface area contributed by atoms with E-state index in [1.807, 2.05) is 74.5 Å². The molecule has 3 amide bonds. The SMILES string of the molecule is CC(C)[C@H]1COC(=O)N1C(=O)[C@H](Cc1ccccc1)[C@H](O)CN(Cc1ccccc1)C(=O)OC(C)(C)C. The highest BCUT2D eigenvalue weighted by molar-refractivity contribution is 5.95. The minimum atomic E-state index is -1.26. The lowest BCUT2D eigenvalue weighted by molar-refractivity contribution is -0.138. The van der Waals surface area contributed by atoms with E-state index in [1.54, 1.807) is 20.8 Å². The Morgan fingerprint density at radius 1 is 1.05 bits per heavy atom. The summed E-state index contributed by atoms with van der Waals surface area (Å²) < 4.78 is 10.8. The summed E-state index contributed by atoms with van der Waals surface area (Å²) in [5, 5.41) is 11.5. The number of benzene rings is 2. The van der Waals surface area contributed by atoms with Gasteiger partial charge in [-0.25, -0.2) is 14.5 Å². The van der Waals surface area contributed by atoms with Gasteiger partial charge in [0.05, 0.1) is 24.6 Å². The minimum Gasteiger partial charge on any atom is -0.447 e. The second-order valence-electron chi connectivity index (χ2n) is 10.8. The van der Waals surface area contributed by atoms with Gasteiger partial charge in [0.2, 0.25) is 5.91 Å². The van der Waals surface area contributed by atoms with Gasteiger partial charge in [0.1, 0.15) is 12.2 Å². The lowest BCUT2D eigenvalue weighted by Crippen LogP contribution is -2.51. The van der Waals surface area contributed by atoms with Gasteiger partial charge in [-0.1, -0.05) is 74.5 Å². The fourth-order valence-corrected chi connectivity index (χ4v) is 4.30. The number of ether oxygens (including phenoxy) is 2. The molecule has 1 heterocycles. The molecule has 0 spiro atoms. The molecular formula is C29H38N2O6. The zero-order valence-electron chi connectivity index (χ0n) is 22.3. The second-order valence-corrected chi connectivity index (χ2v) is 10.8. The van der Waals surface area contributed by atoms with E-state index < -0.39 is 41.8 Å². The van der Waals surface area contributed by atoms with Crippen LogP contribution in [0, 0.1) is 11.8 Å². The molecule has 8 heteroatoms. The van der Waals surface area contributed by atoms with Crippen molar-refractivity contribution in [1.82, 2.24) is 9.80 Å². The third kappa shape index (κ3) is 7.79. The molecule has 0 bridgehead atoms. The van der Waals surface area contributed by atoms with Gasteiger partial charge in [-0.15, -0.1) is 0 Å². The summed E-state index contributed by atoms with van der Waals surface area (Å²) in [4.78, 5) is 42.0. The highest BCUT2D eigenvalue weighted by atomic mass is 16.6. The quantitative estimate of drug-likeness (QED) is 0.528. The number of aliphatic hydroxyl groups is 1. The third-order valence-corrected chi connectivity index (χ3v) is 6.27. The number of hydrogen-bond acceptors (Lipinski definition) is 6. The second kappa shape index (κ2) is 12.2. The molecule has 0 radical (unpaired) electrons. The van der Waals surface area contributed by atoms with Crippen molar-refractivity contribution in [1.29, 1.82) is 0 Å². The molecule has 0 aromatic heterocycles. The average Bonchev–Trinajstić information content (AvgIpc) is 3.23. The molecule has 3 atom stereocenters. The Labute approximate surface area is 219 Å². The van der Waals surface area contributed by atoms with E-state index in [2.05, 4.69) is 0 Å². The van der Waals surface area contributed by atoms with Crippen LogP contribution < -0.4 is 0 Å². The van der Waals surface area contributed by atoms with E-state index in [1.165, 1.54) is 4.90 Å². The van der Waals surface area contributed by atoms with Crippen LogP contribution in [0.25, 0.3) is 0 Å². The van der Waals surface area contributed by atoms with Crippen LogP contribution in [0.4, 0.5) is 9.59 Å². The molecule has 0 unspecified atom stereocenters. The molecule has 1 aliphatic rings. The highest BCUT2D eigenvalue weighted by Gasteiger charge is 2.44. The lowest BCUT2D eigenvalue weighted by atomic mass is 9.91. The molecule has 3 rings (SSSR count). The van der Waals surface area contributed by atoms with Crippen molar-refractivity contribution in [3.05, 3.63) is 71.8 Å². The van der Waals surface area contributed by atoms with Crippen LogP contribution in [-0.4, -0.2) is 63.9 Å². The van der Waals surface area contributed by atoms with Crippen molar-refractivity contribution in [3.63, 3.8) is 0 Å². The maximum absolute atomic E-state index is 13.8. The Morgan fingerprint density at radius 2 is 1.62 bits per heavy atom. The molecule has 2 aromatic rings. The summed E-state index contributed by atoms with van der Waals surface area (Å²) in [7, 11) is 0. The summed E-state index contributed by atoms with van der Waals surface area (Å²) in [6.45, 7) is 9.31. The molecule has 8 nitrogen and oxygen atoms in total. The van der Waals surface area contributed by atoms with E-state index in [-0.39, 0.29) is 32.0 Å². The number of imide groups is 1. The maximum Gasteiger partial charge on any atom is 0.416 e. The van der Waals surface area contributed by atoms with Crippen molar-refractivity contribution < 1.29 is 29.0 Å². The molecule has 200 valence electrons. The number of cyclic esters (lactones) is 1. The Kier molecular flexibility index (Phi) is 9.32. The zero-order chi connectivity index (χ0) is 27.2. The van der Waals surface area contributed by atoms with E-state index in [0.29, 0.717) is 0 Å². The van der Waals surface area contributed by atoms with Crippen molar-refractivity contribution in [2.24, 2.45) is 11.8 Å². The predicted molar refractivity (Wildman–Crippen MR) is 140 cm³/mol. The van der Waals surface area contributed by atoms with Gasteiger partial charge < -0.3 is 19.5 Å². The van der Waals surface area contributed by atoms with Crippen molar-refractivity contribution in [3.8, 4) is 0 Å². The first-order valence-corrected chi connectivity index (χ1v) is 12.7. The number of carbonyl (C=O) groups excluding carboxylic acids is 3. The van der Waals surface area contributed by atoms with Crippen molar-refractivity contribution in [2.75, 3.05) is 13.2 Å². The van der Waals surface area contributed by atoms with Gasteiger partial charge in [0, 0.05) is 6.54 Å². The average molecular weight is 511 g/mol. The molecule has 1 aliphatic heterocycles. The van der Waals surface area contributed by atoms with Crippen LogP contribution in [0.15, 0.2) is 60.7 Å². The number of amides is 3. The summed E-state index contributed by atoms with van der Waals surface area (Å²) in [6, 6.07) is 18.3. The number of nitrogens with zero attached hydrogens (tertiary/aromatic N) is 2. The smallest absolute Gasteiger partial charge is 0.416 e. The summed E-state index contributed by atoms with van der Waals surface area (Å²) in [5.41, 5.74) is 0.954. The molecular weight excluding hydrogens is 472 g/mol. The number of hydrogen-bond donors (Lipinski definition) is 1. The molecule has 1 N–H and O–H groups in total. The van der Waals surface area contributed by atoms with Gasteiger partial charge in [-0.3, -0.25) is 4.79 Å². The first kappa shape index (κ1) is 28.2. The number of carbonyl (C=O) groups is 3. The minimum absolute atomic E-state index is 0.0127. The van der Waals surface area contributed by atoms with Gasteiger partial charge in [-0.05, 0) is 44.2 Å². The van der Waals surface area contributed by atoms with E-state index >= 15 is 0 Å². The Hall–Kier alpha value is -3.39. The topological polar surface area (TPSA) is 96.4 Å². The Bertz CT molecular complexity index is 1050. The normalized spacial score (nSPS) is 17.3. The van der Waals surface area contributed by atoms with Crippen LogP contribution in [0.3, 0.4) is 0 Å². The number of rotatable bonds is 9. The fraction of sp³-hybridized carbons (Fsp3) is 0.483. The third-order valence-electron chi connectivity index (χ3n) is 6.27. The van der Waals surface area contributed by atoms with Gasteiger partial charge in [0.25, 0.3) is 0 Å². The standard InChI is InChI=1S/C29H38N2O6/c1-20(2)24-19-36-28(35)31(24)26(33)23(16-21-12-8-6-9-13-21)25(32)18-30(27(34)37-29(3,4)5)17-22-14-10-7-11-15-22/h6-15,20,23-25,32H,16-19H2,1-5H3/t23-,24-,25-/m1/s1. The first-order valence-electron chi connectivity index (χ1n) is 12.7. The molecule has 1 saturated heterocycles.